The molecule has 1 aromatic heterocycles. The predicted molar refractivity (Wildman–Crippen MR) is 93.1 cm³/mol. The Hall–Kier alpha value is -2.83. The maximum atomic E-state index is 12.2. The first-order chi connectivity index (χ1) is 12.1. The topological polar surface area (TPSA) is 90.9 Å². The van der Waals surface area contributed by atoms with Gasteiger partial charge >= 0.3 is 0 Å². The van der Waals surface area contributed by atoms with Gasteiger partial charge in [0, 0.05) is 18.7 Å². The fourth-order valence-corrected chi connectivity index (χ4v) is 3.10. The molecule has 1 aliphatic carbocycles. The molecule has 0 saturated heterocycles. The number of carbonyl (C=O) groups is 1. The number of rotatable bonds is 6. The van der Waals surface area contributed by atoms with Crippen molar-refractivity contribution in [2.24, 2.45) is 5.92 Å². The van der Waals surface area contributed by atoms with E-state index in [0.29, 0.717) is 17.2 Å². The molecule has 0 amide bonds. The number of benzene rings is 1. The molecule has 3 rings (SSSR count). The number of hydrogen-bond donors (Lipinski definition) is 0. The molecule has 25 heavy (non-hydrogen) atoms. The van der Waals surface area contributed by atoms with Crippen LogP contribution in [0, 0.1) is 16.0 Å². The van der Waals surface area contributed by atoms with Gasteiger partial charge in [0.25, 0.3) is 5.69 Å². The summed E-state index contributed by atoms with van der Waals surface area (Å²) in [7, 11) is 0. The third-order valence-electron chi connectivity index (χ3n) is 4.49. The van der Waals surface area contributed by atoms with Crippen molar-refractivity contribution < 1.29 is 9.72 Å². The van der Waals surface area contributed by atoms with Crippen molar-refractivity contribution in [2.45, 2.75) is 38.6 Å². The van der Waals surface area contributed by atoms with E-state index in [1.807, 2.05) is 0 Å². The second-order valence-electron chi connectivity index (χ2n) is 6.38. The highest BCUT2D eigenvalue weighted by atomic mass is 16.6. The Morgan fingerprint density at radius 3 is 2.64 bits per heavy atom. The summed E-state index contributed by atoms with van der Waals surface area (Å²) in [6.07, 6.45) is 11.0. The Bertz CT molecular complexity index is 774. The number of nitro groups is 1. The average Bonchev–Trinajstić information content (AvgIpc) is 3.09. The molecule has 0 radical (unpaired) electrons. The number of nitro benzene ring substituents is 1. The normalized spacial score (nSPS) is 15.5. The average molecular weight is 340 g/mol. The van der Waals surface area contributed by atoms with Crippen molar-refractivity contribution in [1.82, 2.24) is 15.0 Å². The van der Waals surface area contributed by atoms with Gasteiger partial charge in [0.1, 0.15) is 0 Å². The molecule has 0 unspecified atom stereocenters. The largest absolute Gasteiger partial charge is 0.287 e. The van der Waals surface area contributed by atoms with Gasteiger partial charge in [-0.1, -0.05) is 30.6 Å². The van der Waals surface area contributed by atoms with Gasteiger partial charge < -0.3 is 0 Å². The first-order valence-electron chi connectivity index (χ1n) is 8.49. The number of ketones is 1. The molecule has 1 saturated carbocycles. The van der Waals surface area contributed by atoms with Crippen LogP contribution in [0.3, 0.4) is 0 Å². The van der Waals surface area contributed by atoms with Gasteiger partial charge in [-0.05, 0) is 42.5 Å². The molecule has 1 aliphatic rings. The van der Waals surface area contributed by atoms with E-state index in [1.54, 1.807) is 29.1 Å². The lowest BCUT2D eigenvalue weighted by atomic mass is 9.89. The van der Waals surface area contributed by atoms with Gasteiger partial charge in [-0.2, -0.15) is 0 Å². The molecule has 0 N–H and O–H groups in total. The second kappa shape index (κ2) is 7.83. The van der Waals surface area contributed by atoms with Gasteiger partial charge in [-0.25, -0.2) is 0 Å². The van der Waals surface area contributed by atoms with Crippen molar-refractivity contribution in [3.63, 3.8) is 0 Å². The third-order valence-corrected chi connectivity index (χ3v) is 4.49. The van der Waals surface area contributed by atoms with E-state index in [4.69, 9.17) is 0 Å². The smallest absolute Gasteiger partial charge is 0.269 e. The molecule has 0 bridgehead atoms. The molecule has 1 heterocycles. The molecule has 1 fully saturated rings. The quantitative estimate of drug-likeness (QED) is 0.346. The summed E-state index contributed by atoms with van der Waals surface area (Å²) in [5.74, 6) is 0.391. The fraction of sp³-hybridized carbons (Fsp3) is 0.389. The molecule has 0 atom stereocenters. The van der Waals surface area contributed by atoms with Crippen LogP contribution in [0.25, 0.3) is 6.08 Å². The van der Waals surface area contributed by atoms with E-state index in [9.17, 15) is 14.9 Å². The highest BCUT2D eigenvalue weighted by molar-refractivity contribution is 6.05. The molecule has 7 nitrogen and oxygen atoms in total. The van der Waals surface area contributed by atoms with Crippen LogP contribution in [0.15, 0.2) is 36.5 Å². The number of non-ortho nitro benzene ring substituents is 1. The van der Waals surface area contributed by atoms with Crippen LogP contribution in [-0.2, 0) is 6.54 Å². The Kier molecular flexibility index (Phi) is 5.33. The van der Waals surface area contributed by atoms with Crippen LogP contribution < -0.4 is 0 Å². The number of allylic oxidation sites excluding steroid dienone is 1. The van der Waals surface area contributed by atoms with E-state index in [0.717, 1.165) is 6.54 Å². The van der Waals surface area contributed by atoms with Crippen LogP contribution in [0.4, 0.5) is 5.69 Å². The molecular weight excluding hydrogens is 320 g/mol. The SMILES string of the molecule is O=C(C=Cc1ccc([N+](=O)[O-])cc1)c1cn(CC2CCCCC2)nn1. The minimum atomic E-state index is -0.455. The van der Waals surface area contributed by atoms with Crippen LogP contribution in [-0.4, -0.2) is 25.7 Å². The van der Waals surface area contributed by atoms with Crippen LogP contribution in [0.2, 0.25) is 0 Å². The summed E-state index contributed by atoms with van der Waals surface area (Å²) in [5, 5.41) is 18.6. The van der Waals surface area contributed by atoms with E-state index in [1.165, 1.54) is 50.3 Å². The second-order valence-corrected chi connectivity index (χ2v) is 6.38. The van der Waals surface area contributed by atoms with Gasteiger partial charge in [0.15, 0.2) is 5.69 Å². The molecular formula is C18H20N4O3. The van der Waals surface area contributed by atoms with Crippen molar-refractivity contribution in [3.8, 4) is 0 Å². The lowest BCUT2D eigenvalue weighted by molar-refractivity contribution is -0.384. The Morgan fingerprint density at radius 1 is 1.24 bits per heavy atom. The van der Waals surface area contributed by atoms with Crippen molar-refractivity contribution in [3.05, 3.63) is 57.9 Å². The van der Waals surface area contributed by atoms with Gasteiger partial charge in [0.2, 0.25) is 5.78 Å². The molecule has 130 valence electrons. The standard InChI is InChI=1S/C18H20N4O3/c23-18(11-8-14-6-9-16(10-7-14)22(24)25)17-13-21(20-19-17)12-15-4-2-1-3-5-15/h6-11,13,15H,1-5,12H2. The molecule has 7 heteroatoms. The van der Waals surface area contributed by atoms with Gasteiger partial charge in [0.05, 0.1) is 11.1 Å². The Balaban J connectivity index is 1.60. The Morgan fingerprint density at radius 2 is 1.96 bits per heavy atom. The summed E-state index contributed by atoms with van der Waals surface area (Å²) in [6.45, 7) is 0.812. The molecule has 2 aromatic rings. The zero-order chi connectivity index (χ0) is 17.6. The summed E-state index contributed by atoms with van der Waals surface area (Å²) >= 11 is 0. The minimum Gasteiger partial charge on any atom is -0.287 e. The van der Waals surface area contributed by atoms with Crippen molar-refractivity contribution in [2.75, 3.05) is 0 Å². The summed E-state index contributed by atoms with van der Waals surface area (Å²) in [6, 6.07) is 6.01. The lowest BCUT2D eigenvalue weighted by Gasteiger charge is -2.20. The summed E-state index contributed by atoms with van der Waals surface area (Å²) < 4.78 is 1.75. The summed E-state index contributed by atoms with van der Waals surface area (Å²) in [4.78, 5) is 22.4. The van der Waals surface area contributed by atoms with Crippen molar-refractivity contribution >= 4 is 17.5 Å². The zero-order valence-electron chi connectivity index (χ0n) is 13.9. The van der Waals surface area contributed by atoms with Gasteiger partial charge in [-0.3, -0.25) is 19.6 Å². The first kappa shape index (κ1) is 17.0. The number of nitrogens with zero attached hydrogens (tertiary/aromatic N) is 4. The molecule has 0 spiro atoms. The number of aromatic nitrogens is 3. The first-order valence-corrected chi connectivity index (χ1v) is 8.49. The highest BCUT2D eigenvalue weighted by Crippen LogP contribution is 2.24. The van der Waals surface area contributed by atoms with Gasteiger partial charge in [-0.15, -0.1) is 5.10 Å². The van der Waals surface area contributed by atoms with E-state index >= 15 is 0 Å². The fourth-order valence-electron chi connectivity index (χ4n) is 3.10. The van der Waals surface area contributed by atoms with Crippen molar-refractivity contribution in [1.29, 1.82) is 0 Å². The lowest BCUT2D eigenvalue weighted by Crippen LogP contribution is -2.14. The summed E-state index contributed by atoms with van der Waals surface area (Å²) in [5.41, 5.74) is 1.05. The van der Waals surface area contributed by atoms with E-state index in [-0.39, 0.29) is 11.5 Å². The van der Waals surface area contributed by atoms with E-state index in [2.05, 4.69) is 10.3 Å². The van der Waals surface area contributed by atoms with Crippen LogP contribution in [0.5, 0.6) is 0 Å². The zero-order valence-corrected chi connectivity index (χ0v) is 13.9. The molecule has 1 aromatic carbocycles. The number of carbonyl (C=O) groups excluding carboxylic acids is 1. The Labute approximate surface area is 145 Å². The monoisotopic (exact) mass is 340 g/mol. The van der Waals surface area contributed by atoms with Crippen LogP contribution in [0.1, 0.15) is 48.2 Å². The van der Waals surface area contributed by atoms with E-state index < -0.39 is 4.92 Å². The maximum absolute atomic E-state index is 12.2. The number of hydrogen-bond acceptors (Lipinski definition) is 5. The third kappa shape index (κ3) is 4.59. The highest BCUT2D eigenvalue weighted by Gasteiger charge is 2.15. The minimum absolute atomic E-state index is 0.0223. The van der Waals surface area contributed by atoms with Crippen LogP contribution >= 0.6 is 0 Å². The predicted octanol–water partition coefficient (Wildman–Crippen LogP) is 3.66. The molecule has 0 aliphatic heterocycles. The maximum Gasteiger partial charge on any atom is 0.269 e.